The molecule has 2 aliphatic heterocycles. The first kappa shape index (κ1) is 24.0. The summed E-state index contributed by atoms with van der Waals surface area (Å²) in [5.74, 6) is 0.0531. The first-order valence-corrected chi connectivity index (χ1v) is 13.8. The smallest absolute Gasteiger partial charge is 0.325 e. The molecule has 3 aliphatic rings. The third kappa shape index (κ3) is 4.48. The van der Waals surface area contributed by atoms with Crippen molar-refractivity contribution in [1.82, 2.24) is 20.1 Å². The van der Waals surface area contributed by atoms with Gasteiger partial charge in [0.1, 0.15) is 5.54 Å². The van der Waals surface area contributed by atoms with E-state index in [0.29, 0.717) is 32.5 Å². The Bertz CT molecular complexity index is 1090. The minimum Gasteiger partial charge on any atom is -0.338 e. The van der Waals surface area contributed by atoms with Crippen molar-refractivity contribution in [2.24, 2.45) is 5.92 Å². The molecule has 186 valence electrons. The monoisotopic (exact) mass is 494 g/mol. The van der Waals surface area contributed by atoms with Gasteiger partial charge in [-0.3, -0.25) is 19.5 Å². The maximum absolute atomic E-state index is 13.7. The molecule has 0 saturated carbocycles. The van der Waals surface area contributed by atoms with Crippen molar-refractivity contribution in [2.45, 2.75) is 70.3 Å². The Kier molecular flexibility index (Phi) is 6.91. The zero-order valence-corrected chi connectivity index (χ0v) is 21.2. The van der Waals surface area contributed by atoms with Gasteiger partial charge in [-0.25, -0.2) is 4.79 Å². The number of urea groups is 1. The molecule has 1 atom stereocenters. The largest absolute Gasteiger partial charge is 0.338 e. The number of carbonyl (C=O) groups excluding carboxylic acids is 3. The van der Waals surface area contributed by atoms with Gasteiger partial charge in [-0.2, -0.15) is 0 Å². The fourth-order valence-electron chi connectivity index (χ4n) is 6.08. The number of nitrogens with one attached hydrogen (secondary N) is 1. The van der Waals surface area contributed by atoms with Gasteiger partial charge in [-0.1, -0.05) is 19.4 Å². The summed E-state index contributed by atoms with van der Waals surface area (Å²) >= 11 is 1.59. The molecular formula is C27H34N4O3S. The summed E-state index contributed by atoms with van der Waals surface area (Å²) in [7, 11) is 0. The molecule has 0 bridgehead atoms. The molecule has 2 saturated heterocycles. The van der Waals surface area contributed by atoms with Crippen LogP contribution < -0.4 is 5.32 Å². The van der Waals surface area contributed by atoms with Crippen LogP contribution >= 0.6 is 11.3 Å². The van der Waals surface area contributed by atoms with Crippen LogP contribution in [0.25, 0.3) is 0 Å². The zero-order chi connectivity index (χ0) is 24.4. The van der Waals surface area contributed by atoms with Crippen LogP contribution in [0.3, 0.4) is 0 Å². The van der Waals surface area contributed by atoms with Crippen molar-refractivity contribution >= 4 is 29.2 Å². The van der Waals surface area contributed by atoms with Crippen molar-refractivity contribution in [3.63, 3.8) is 0 Å². The molecule has 0 aromatic carbocycles. The number of hydrogen-bond donors (Lipinski definition) is 1. The third-order valence-corrected chi connectivity index (χ3v) is 9.00. The molecule has 4 heterocycles. The van der Waals surface area contributed by atoms with Gasteiger partial charge < -0.3 is 10.2 Å². The minimum absolute atomic E-state index is 0.0278. The van der Waals surface area contributed by atoms with Crippen LogP contribution in [-0.2, 0) is 24.1 Å². The number of likely N-dealkylation sites (tertiary alicyclic amines) is 1. The van der Waals surface area contributed by atoms with Crippen LogP contribution in [0.5, 0.6) is 0 Å². The fraction of sp³-hybridized carbons (Fsp3) is 0.556. The van der Waals surface area contributed by atoms with Gasteiger partial charge in [0, 0.05) is 37.9 Å². The molecule has 5 rings (SSSR count). The number of pyridine rings is 1. The van der Waals surface area contributed by atoms with E-state index < -0.39 is 5.54 Å². The molecule has 35 heavy (non-hydrogen) atoms. The van der Waals surface area contributed by atoms with E-state index in [-0.39, 0.29) is 23.8 Å². The van der Waals surface area contributed by atoms with Crippen LogP contribution in [0.4, 0.5) is 4.79 Å². The number of aryl methyl sites for hydroxylation is 1. The van der Waals surface area contributed by atoms with Gasteiger partial charge in [0.05, 0.1) is 4.88 Å². The Labute approximate surface area is 210 Å². The molecule has 0 spiro atoms. The lowest BCUT2D eigenvalue weighted by atomic mass is 9.74. The van der Waals surface area contributed by atoms with E-state index in [1.807, 2.05) is 23.1 Å². The predicted octanol–water partition coefficient (Wildman–Crippen LogP) is 4.21. The quantitative estimate of drug-likeness (QED) is 0.585. The zero-order valence-electron chi connectivity index (χ0n) is 20.4. The topological polar surface area (TPSA) is 82.6 Å². The Balaban J connectivity index is 1.26. The summed E-state index contributed by atoms with van der Waals surface area (Å²) in [6.07, 6.45) is 9.59. The molecule has 1 aliphatic carbocycles. The molecular weight excluding hydrogens is 460 g/mol. The fourth-order valence-corrected chi connectivity index (χ4v) is 7.21. The maximum Gasteiger partial charge on any atom is 0.325 e. The Morgan fingerprint density at radius 2 is 2.00 bits per heavy atom. The third-order valence-electron chi connectivity index (χ3n) is 7.94. The number of aromatic nitrogens is 1. The first-order chi connectivity index (χ1) is 17.0. The summed E-state index contributed by atoms with van der Waals surface area (Å²) in [5, 5.41) is 5.27. The molecule has 4 amide bonds. The van der Waals surface area contributed by atoms with Crippen LogP contribution in [-0.4, -0.2) is 57.8 Å². The summed E-state index contributed by atoms with van der Waals surface area (Å²) < 4.78 is 0. The van der Waals surface area contributed by atoms with E-state index >= 15 is 0 Å². The van der Waals surface area contributed by atoms with E-state index in [1.165, 1.54) is 22.4 Å². The first-order valence-electron chi connectivity index (χ1n) is 13.0. The minimum atomic E-state index is -0.868. The number of amides is 4. The molecule has 0 radical (unpaired) electrons. The number of rotatable bonds is 7. The van der Waals surface area contributed by atoms with E-state index in [9.17, 15) is 14.4 Å². The Hall–Kier alpha value is -2.74. The molecule has 1 N–H and O–H groups in total. The van der Waals surface area contributed by atoms with Crippen LogP contribution in [0.1, 0.15) is 71.9 Å². The van der Waals surface area contributed by atoms with Crippen molar-refractivity contribution < 1.29 is 14.4 Å². The normalized spacial score (nSPS) is 22.9. The number of imide groups is 1. The van der Waals surface area contributed by atoms with E-state index in [1.54, 1.807) is 17.5 Å². The average molecular weight is 495 g/mol. The standard InChI is InChI=1S/C27H34N4O3S/c1-2-13-27(25(33)31(26(34)29-27)17-12-21-8-5-6-14-28-21)20-10-15-30(16-11-20)24(32)23-22-9-4-3-7-19(22)18-35-23/h5-6,8,14,18,20H,2-4,7,9-13,15-17H2,1H3,(H,29,34)/t27-/m1/s1. The highest BCUT2D eigenvalue weighted by Gasteiger charge is 2.55. The molecule has 2 aromatic rings. The number of carbonyl (C=O) groups is 3. The Morgan fingerprint density at radius 1 is 1.20 bits per heavy atom. The second-order valence-electron chi connectivity index (χ2n) is 10.0. The highest BCUT2D eigenvalue weighted by molar-refractivity contribution is 7.12. The van der Waals surface area contributed by atoms with Crippen LogP contribution in [0.15, 0.2) is 29.8 Å². The lowest BCUT2D eigenvalue weighted by Gasteiger charge is -2.41. The highest BCUT2D eigenvalue weighted by Crippen LogP contribution is 2.38. The van der Waals surface area contributed by atoms with Crippen molar-refractivity contribution in [1.29, 1.82) is 0 Å². The molecule has 2 aromatic heterocycles. The molecule has 2 fully saturated rings. The SMILES string of the molecule is CCC[C@]1(C2CCN(C(=O)c3scc4c3CCCC4)CC2)NC(=O)N(CCc2ccccn2)C1=O. The van der Waals surface area contributed by atoms with E-state index in [0.717, 1.165) is 49.1 Å². The van der Waals surface area contributed by atoms with Crippen molar-refractivity contribution in [2.75, 3.05) is 19.6 Å². The second kappa shape index (κ2) is 10.1. The van der Waals surface area contributed by atoms with E-state index in [4.69, 9.17) is 0 Å². The molecule has 8 heteroatoms. The Morgan fingerprint density at radius 3 is 2.74 bits per heavy atom. The highest BCUT2D eigenvalue weighted by atomic mass is 32.1. The number of piperidine rings is 1. The van der Waals surface area contributed by atoms with Gasteiger partial charge in [0.25, 0.3) is 11.8 Å². The van der Waals surface area contributed by atoms with Gasteiger partial charge in [-0.05, 0) is 79.5 Å². The lowest BCUT2D eigenvalue weighted by molar-refractivity contribution is -0.134. The second-order valence-corrected chi connectivity index (χ2v) is 10.9. The summed E-state index contributed by atoms with van der Waals surface area (Å²) in [4.78, 5) is 48.5. The van der Waals surface area contributed by atoms with Gasteiger partial charge in [0.15, 0.2) is 0 Å². The summed E-state index contributed by atoms with van der Waals surface area (Å²) in [6.45, 7) is 3.63. The van der Waals surface area contributed by atoms with Crippen molar-refractivity contribution in [3.05, 3.63) is 51.5 Å². The molecule has 7 nitrogen and oxygen atoms in total. The van der Waals surface area contributed by atoms with Crippen molar-refractivity contribution in [3.8, 4) is 0 Å². The number of fused-ring (bicyclic) bond motifs is 1. The number of nitrogens with zero attached hydrogens (tertiary/aromatic N) is 3. The summed E-state index contributed by atoms with van der Waals surface area (Å²) in [5.41, 5.74) is 2.61. The number of hydrogen-bond acceptors (Lipinski definition) is 5. The lowest BCUT2D eigenvalue weighted by Crippen LogP contribution is -2.56. The predicted molar refractivity (Wildman–Crippen MR) is 135 cm³/mol. The van der Waals surface area contributed by atoms with Crippen LogP contribution in [0, 0.1) is 5.92 Å². The number of thiophene rings is 1. The van der Waals surface area contributed by atoms with E-state index in [2.05, 4.69) is 22.6 Å². The van der Waals surface area contributed by atoms with Gasteiger partial charge in [-0.15, -0.1) is 11.3 Å². The summed E-state index contributed by atoms with van der Waals surface area (Å²) in [6, 6.07) is 5.38. The van der Waals surface area contributed by atoms with Crippen LogP contribution in [0.2, 0.25) is 0 Å². The molecule has 0 unspecified atom stereocenters. The average Bonchev–Trinajstić information content (AvgIpc) is 3.42. The van der Waals surface area contributed by atoms with Gasteiger partial charge >= 0.3 is 6.03 Å². The maximum atomic E-state index is 13.7. The van der Waals surface area contributed by atoms with Gasteiger partial charge in [0.2, 0.25) is 0 Å².